The van der Waals surface area contributed by atoms with Crippen LogP contribution in [-0.4, -0.2) is 30.6 Å². The smallest absolute Gasteiger partial charge is 0.254 e. The third kappa shape index (κ3) is 2.17. The van der Waals surface area contributed by atoms with Crippen molar-refractivity contribution >= 4 is 11.9 Å². The summed E-state index contributed by atoms with van der Waals surface area (Å²) < 4.78 is 1.63. The summed E-state index contributed by atoms with van der Waals surface area (Å²) in [5.41, 5.74) is 1.66. The molecule has 2 aliphatic carbocycles. The van der Waals surface area contributed by atoms with Crippen LogP contribution < -0.4 is 5.32 Å². The molecule has 1 N–H and O–H groups in total. The van der Waals surface area contributed by atoms with Gasteiger partial charge < -0.3 is 0 Å². The molecule has 114 valence electrons. The molecule has 0 spiro atoms. The van der Waals surface area contributed by atoms with E-state index in [1.807, 2.05) is 6.20 Å². The summed E-state index contributed by atoms with van der Waals surface area (Å²) in [5.74, 6) is 0.963. The van der Waals surface area contributed by atoms with Crippen molar-refractivity contribution in [3.05, 3.63) is 30.1 Å². The van der Waals surface area contributed by atoms with Gasteiger partial charge in [-0.05, 0) is 43.6 Å². The first-order chi connectivity index (χ1) is 10.7. The van der Waals surface area contributed by atoms with Crippen molar-refractivity contribution in [2.45, 2.75) is 44.6 Å². The molecule has 22 heavy (non-hydrogen) atoms. The van der Waals surface area contributed by atoms with E-state index in [1.54, 1.807) is 11.0 Å². The van der Waals surface area contributed by atoms with Crippen molar-refractivity contribution in [2.75, 3.05) is 5.32 Å². The average Bonchev–Trinajstić information content (AvgIpc) is 3.15. The molecule has 7 heteroatoms. The fourth-order valence-corrected chi connectivity index (χ4v) is 3.08. The van der Waals surface area contributed by atoms with E-state index >= 15 is 0 Å². The van der Waals surface area contributed by atoms with Crippen LogP contribution in [0, 0.1) is 5.92 Å². The van der Waals surface area contributed by atoms with Crippen LogP contribution in [0.2, 0.25) is 0 Å². The van der Waals surface area contributed by atoms with Crippen LogP contribution in [0.5, 0.6) is 0 Å². The van der Waals surface area contributed by atoms with E-state index in [2.05, 4.69) is 32.3 Å². The number of aryl methyl sites for hydroxylation is 1. The van der Waals surface area contributed by atoms with Gasteiger partial charge in [-0.15, -0.1) is 0 Å². The highest BCUT2D eigenvalue weighted by atomic mass is 16.2. The quantitative estimate of drug-likeness (QED) is 0.923. The first-order valence-electron chi connectivity index (χ1n) is 7.69. The minimum absolute atomic E-state index is 0.109. The Balaban J connectivity index is 1.53. The average molecular weight is 298 g/mol. The van der Waals surface area contributed by atoms with Crippen molar-refractivity contribution < 1.29 is 4.79 Å². The van der Waals surface area contributed by atoms with E-state index in [0.29, 0.717) is 11.9 Å². The summed E-state index contributed by atoms with van der Waals surface area (Å²) in [4.78, 5) is 25.3. The lowest BCUT2D eigenvalue weighted by atomic mass is 9.89. The Hall–Kier alpha value is -2.31. The van der Waals surface area contributed by atoms with Crippen LogP contribution in [0.1, 0.15) is 37.4 Å². The van der Waals surface area contributed by atoms with Crippen molar-refractivity contribution in [3.8, 4) is 0 Å². The Morgan fingerprint density at radius 2 is 2.32 bits per heavy atom. The van der Waals surface area contributed by atoms with Crippen LogP contribution in [0.15, 0.2) is 18.9 Å². The molecule has 1 unspecified atom stereocenters. The molecule has 4 rings (SSSR count). The molecule has 0 aromatic carbocycles. The van der Waals surface area contributed by atoms with Gasteiger partial charge in [0.2, 0.25) is 5.95 Å². The summed E-state index contributed by atoms with van der Waals surface area (Å²) in [6.45, 7) is 2.24. The monoisotopic (exact) mass is 298 g/mol. The number of nitrogens with zero attached hydrogens (tertiary/aromatic N) is 5. The molecule has 2 heterocycles. The lowest BCUT2D eigenvalue weighted by Crippen LogP contribution is -2.34. The second-order valence-corrected chi connectivity index (χ2v) is 6.34. The highest BCUT2D eigenvalue weighted by Crippen LogP contribution is 2.43. The van der Waals surface area contributed by atoms with E-state index in [0.717, 1.165) is 37.8 Å². The summed E-state index contributed by atoms with van der Waals surface area (Å²) in [6.07, 6.45) is 9.53. The molecule has 0 saturated heterocycles. The number of nitrogens with one attached hydrogen (secondary N) is 1. The Labute approximate surface area is 128 Å². The van der Waals surface area contributed by atoms with Crippen LogP contribution >= 0.6 is 0 Å². The number of aromatic nitrogens is 5. The Kier molecular flexibility index (Phi) is 2.95. The van der Waals surface area contributed by atoms with Gasteiger partial charge in [-0.25, -0.2) is 19.6 Å². The third-order valence-corrected chi connectivity index (χ3v) is 4.63. The van der Waals surface area contributed by atoms with Crippen molar-refractivity contribution in [2.24, 2.45) is 5.92 Å². The maximum Gasteiger partial charge on any atom is 0.254 e. The summed E-state index contributed by atoms with van der Waals surface area (Å²) in [6, 6.07) is 0. The van der Waals surface area contributed by atoms with Crippen LogP contribution in [0.3, 0.4) is 0 Å². The molecule has 1 amide bonds. The number of hydrogen-bond acceptors (Lipinski definition) is 5. The second-order valence-electron chi connectivity index (χ2n) is 6.34. The number of anilines is 1. The van der Waals surface area contributed by atoms with Crippen molar-refractivity contribution in [1.29, 1.82) is 0 Å². The van der Waals surface area contributed by atoms with Crippen molar-refractivity contribution in [3.63, 3.8) is 0 Å². The molecule has 2 aromatic heterocycles. The molecular formula is C15H18N6O. The number of rotatable bonds is 3. The van der Waals surface area contributed by atoms with Crippen LogP contribution in [0.25, 0.3) is 0 Å². The Morgan fingerprint density at radius 1 is 1.45 bits per heavy atom. The number of amides is 1. The van der Waals surface area contributed by atoms with Gasteiger partial charge in [-0.1, -0.05) is 6.92 Å². The molecule has 0 aliphatic heterocycles. The predicted octanol–water partition coefficient (Wildman–Crippen LogP) is 1.32. The highest BCUT2D eigenvalue weighted by molar-refractivity contribution is 5.97. The van der Waals surface area contributed by atoms with Gasteiger partial charge in [0.1, 0.15) is 18.2 Å². The van der Waals surface area contributed by atoms with Gasteiger partial charge in [0.05, 0.1) is 0 Å². The standard InChI is InChI=1S/C15H18N6O/c1-10-2-3-12-11(6-10)7-17-14(19-12)20-13(22)15(4-5-15)21-9-16-8-18-21/h7-10H,2-6H2,1H3,(H,17,19,20,22). The van der Waals surface area contributed by atoms with Gasteiger partial charge in [-0.2, -0.15) is 5.10 Å². The SMILES string of the molecule is CC1CCc2nc(NC(=O)C3(n4cncn4)CC3)ncc2C1. The van der Waals surface area contributed by atoms with E-state index < -0.39 is 5.54 Å². The molecule has 1 fully saturated rings. The zero-order valence-corrected chi connectivity index (χ0v) is 12.5. The van der Waals surface area contributed by atoms with Gasteiger partial charge >= 0.3 is 0 Å². The normalized spacial score (nSPS) is 22.0. The first kappa shape index (κ1) is 13.4. The maximum absolute atomic E-state index is 12.5. The van der Waals surface area contributed by atoms with Gasteiger partial charge in [0.15, 0.2) is 0 Å². The second kappa shape index (κ2) is 4.86. The zero-order valence-electron chi connectivity index (χ0n) is 12.5. The predicted molar refractivity (Wildman–Crippen MR) is 79.1 cm³/mol. The van der Waals surface area contributed by atoms with E-state index in [4.69, 9.17) is 0 Å². The number of carbonyl (C=O) groups excluding carboxylic acids is 1. The molecule has 0 radical (unpaired) electrons. The van der Waals surface area contributed by atoms with E-state index in [1.165, 1.54) is 11.9 Å². The Bertz CT molecular complexity index is 707. The van der Waals surface area contributed by atoms with Gasteiger partial charge in [0, 0.05) is 11.9 Å². The van der Waals surface area contributed by atoms with Crippen molar-refractivity contribution in [1.82, 2.24) is 24.7 Å². The number of fused-ring (bicyclic) bond motifs is 1. The molecule has 1 saturated carbocycles. The van der Waals surface area contributed by atoms with E-state index in [-0.39, 0.29) is 5.91 Å². The van der Waals surface area contributed by atoms with E-state index in [9.17, 15) is 4.79 Å². The minimum Gasteiger partial charge on any atom is -0.292 e. The molecule has 2 aromatic rings. The van der Waals surface area contributed by atoms with Crippen LogP contribution in [0.4, 0.5) is 5.95 Å². The summed E-state index contributed by atoms with van der Waals surface area (Å²) in [5, 5.41) is 6.94. The van der Waals surface area contributed by atoms with Gasteiger partial charge in [0.25, 0.3) is 5.91 Å². The summed E-state index contributed by atoms with van der Waals surface area (Å²) in [7, 11) is 0. The third-order valence-electron chi connectivity index (χ3n) is 4.63. The van der Waals surface area contributed by atoms with Crippen LogP contribution in [-0.2, 0) is 23.2 Å². The molecule has 0 bridgehead atoms. The molecule has 2 aliphatic rings. The molecule has 7 nitrogen and oxygen atoms in total. The minimum atomic E-state index is -0.607. The topological polar surface area (TPSA) is 85.6 Å². The highest BCUT2D eigenvalue weighted by Gasteiger charge is 2.53. The maximum atomic E-state index is 12.5. The zero-order chi connectivity index (χ0) is 15.2. The molecular weight excluding hydrogens is 280 g/mol. The fourth-order valence-electron chi connectivity index (χ4n) is 3.08. The number of carbonyl (C=O) groups is 1. The Morgan fingerprint density at radius 3 is 3.05 bits per heavy atom. The summed E-state index contributed by atoms with van der Waals surface area (Å²) >= 11 is 0. The lowest BCUT2D eigenvalue weighted by molar-refractivity contribution is -0.120. The first-order valence-corrected chi connectivity index (χ1v) is 7.69. The molecule has 1 atom stereocenters. The fraction of sp³-hybridized carbons (Fsp3) is 0.533. The lowest BCUT2D eigenvalue weighted by Gasteiger charge is -2.21. The largest absolute Gasteiger partial charge is 0.292 e. The number of hydrogen-bond donors (Lipinski definition) is 1. The van der Waals surface area contributed by atoms with Gasteiger partial charge in [-0.3, -0.25) is 10.1 Å².